The number of aromatic nitrogens is 3. The molecule has 0 radical (unpaired) electrons. The van der Waals surface area contributed by atoms with Crippen LogP contribution in [0.1, 0.15) is 5.69 Å². The average molecular weight is 202 g/mol. The summed E-state index contributed by atoms with van der Waals surface area (Å²) in [5, 5.41) is 12.2. The zero-order valence-electron chi connectivity index (χ0n) is 7.96. The first-order valence-corrected chi connectivity index (χ1v) is 4.47. The van der Waals surface area contributed by atoms with Crippen molar-refractivity contribution in [3.05, 3.63) is 42.7 Å². The van der Waals surface area contributed by atoms with Crippen LogP contribution in [-0.2, 0) is 6.54 Å². The van der Waals surface area contributed by atoms with Gasteiger partial charge in [-0.2, -0.15) is 0 Å². The normalized spacial score (nSPS) is 9.87. The highest BCUT2D eigenvalue weighted by Gasteiger charge is 1.95. The van der Waals surface area contributed by atoms with E-state index in [2.05, 4.69) is 20.3 Å². The summed E-state index contributed by atoms with van der Waals surface area (Å²) < 4.78 is 0. The fourth-order valence-electron chi connectivity index (χ4n) is 1.10. The molecule has 0 aliphatic carbocycles. The van der Waals surface area contributed by atoms with E-state index >= 15 is 0 Å². The van der Waals surface area contributed by atoms with E-state index in [4.69, 9.17) is 5.11 Å². The highest BCUT2D eigenvalue weighted by Crippen LogP contribution is 2.08. The van der Waals surface area contributed by atoms with Crippen molar-refractivity contribution >= 4 is 5.69 Å². The van der Waals surface area contributed by atoms with Crippen molar-refractivity contribution in [3.8, 4) is 5.75 Å². The Hall–Kier alpha value is -2.17. The summed E-state index contributed by atoms with van der Waals surface area (Å²) in [6.07, 6.45) is 6.27. The Bertz CT molecular complexity index is 415. The molecule has 2 heterocycles. The van der Waals surface area contributed by atoms with Crippen LogP contribution in [0.3, 0.4) is 0 Å². The molecule has 0 bridgehead atoms. The van der Waals surface area contributed by atoms with E-state index < -0.39 is 0 Å². The Labute approximate surface area is 86.9 Å². The highest BCUT2D eigenvalue weighted by molar-refractivity contribution is 5.37. The number of hydrogen-bond acceptors (Lipinski definition) is 5. The molecular formula is C10H10N4O. The van der Waals surface area contributed by atoms with E-state index in [1.54, 1.807) is 24.5 Å². The molecule has 5 nitrogen and oxygen atoms in total. The molecule has 0 amide bonds. The maximum atomic E-state index is 9.04. The Morgan fingerprint density at radius 3 is 2.60 bits per heavy atom. The second-order valence-electron chi connectivity index (χ2n) is 2.99. The van der Waals surface area contributed by atoms with Gasteiger partial charge in [-0.15, -0.1) is 0 Å². The third-order valence-corrected chi connectivity index (χ3v) is 1.84. The van der Waals surface area contributed by atoms with Gasteiger partial charge in [-0.25, -0.2) is 9.97 Å². The number of nitrogens with one attached hydrogen (secondary N) is 1. The van der Waals surface area contributed by atoms with Crippen molar-refractivity contribution in [1.82, 2.24) is 15.0 Å². The van der Waals surface area contributed by atoms with Crippen molar-refractivity contribution in [2.75, 3.05) is 5.32 Å². The third-order valence-electron chi connectivity index (χ3n) is 1.84. The molecule has 0 saturated heterocycles. The van der Waals surface area contributed by atoms with Gasteiger partial charge >= 0.3 is 0 Å². The second kappa shape index (κ2) is 4.36. The predicted molar refractivity (Wildman–Crippen MR) is 55.3 cm³/mol. The summed E-state index contributed by atoms with van der Waals surface area (Å²) in [6.45, 7) is 0.577. The highest BCUT2D eigenvalue weighted by atomic mass is 16.3. The monoisotopic (exact) mass is 202 g/mol. The Balaban J connectivity index is 1.96. The van der Waals surface area contributed by atoms with Crippen LogP contribution in [0, 0.1) is 0 Å². The van der Waals surface area contributed by atoms with Crippen molar-refractivity contribution < 1.29 is 5.11 Å². The fraction of sp³-hybridized carbons (Fsp3) is 0.100. The maximum Gasteiger partial charge on any atom is 0.133 e. The van der Waals surface area contributed by atoms with Crippen LogP contribution in [0.4, 0.5) is 5.69 Å². The lowest BCUT2D eigenvalue weighted by atomic mass is 10.3. The SMILES string of the molecule is Oc1ccc(CNc2cncnc2)nc1. The molecule has 2 rings (SSSR count). The van der Waals surface area contributed by atoms with E-state index in [1.807, 2.05) is 0 Å². The molecule has 15 heavy (non-hydrogen) atoms. The van der Waals surface area contributed by atoms with Gasteiger partial charge in [0, 0.05) is 0 Å². The summed E-state index contributed by atoms with van der Waals surface area (Å²) in [6, 6.07) is 3.36. The van der Waals surface area contributed by atoms with E-state index in [9.17, 15) is 0 Å². The van der Waals surface area contributed by atoms with Gasteiger partial charge in [0.15, 0.2) is 0 Å². The number of anilines is 1. The third kappa shape index (κ3) is 2.63. The zero-order chi connectivity index (χ0) is 10.5. The number of hydrogen-bond donors (Lipinski definition) is 2. The number of rotatable bonds is 3. The van der Waals surface area contributed by atoms with Crippen LogP contribution in [0.5, 0.6) is 5.75 Å². The summed E-state index contributed by atoms with van der Waals surface area (Å²) >= 11 is 0. The molecule has 2 aromatic heterocycles. The van der Waals surface area contributed by atoms with Crippen LogP contribution in [0.2, 0.25) is 0 Å². The standard InChI is InChI=1S/C10H10N4O/c15-10-2-1-8(14-6-10)5-13-9-3-11-7-12-4-9/h1-4,6-7,13,15H,5H2. The van der Waals surface area contributed by atoms with Gasteiger partial charge in [-0.1, -0.05) is 0 Å². The van der Waals surface area contributed by atoms with Crippen LogP contribution in [-0.4, -0.2) is 20.1 Å². The average Bonchev–Trinajstić information content (AvgIpc) is 2.30. The fourth-order valence-corrected chi connectivity index (χ4v) is 1.10. The first kappa shape index (κ1) is 9.39. The van der Waals surface area contributed by atoms with Gasteiger partial charge in [-0.05, 0) is 12.1 Å². The summed E-state index contributed by atoms with van der Waals surface area (Å²) in [4.78, 5) is 11.8. The lowest BCUT2D eigenvalue weighted by molar-refractivity contribution is 0.472. The lowest BCUT2D eigenvalue weighted by Crippen LogP contribution is -2.01. The molecule has 0 saturated carbocycles. The van der Waals surface area contributed by atoms with Crippen LogP contribution >= 0.6 is 0 Å². The zero-order valence-corrected chi connectivity index (χ0v) is 7.96. The topological polar surface area (TPSA) is 70.9 Å². The van der Waals surface area contributed by atoms with Crippen LogP contribution in [0.15, 0.2) is 37.1 Å². The Kier molecular flexibility index (Phi) is 2.73. The van der Waals surface area contributed by atoms with Crippen molar-refractivity contribution in [2.45, 2.75) is 6.54 Å². The smallest absolute Gasteiger partial charge is 0.133 e. The minimum Gasteiger partial charge on any atom is -0.506 e. The van der Waals surface area contributed by atoms with E-state index in [0.29, 0.717) is 6.54 Å². The van der Waals surface area contributed by atoms with Crippen LogP contribution in [0.25, 0.3) is 0 Å². The molecule has 0 aliphatic heterocycles. The number of nitrogens with zero attached hydrogens (tertiary/aromatic N) is 3. The minimum absolute atomic E-state index is 0.168. The first-order valence-electron chi connectivity index (χ1n) is 4.47. The largest absolute Gasteiger partial charge is 0.506 e. The number of pyridine rings is 1. The van der Waals surface area contributed by atoms with Crippen molar-refractivity contribution in [3.63, 3.8) is 0 Å². The minimum atomic E-state index is 0.168. The predicted octanol–water partition coefficient (Wildman–Crippen LogP) is 1.19. The summed E-state index contributed by atoms with van der Waals surface area (Å²) in [5.41, 5.74) is 1.68. The summed E-state index contributed by atoms with van der Waals surface area (Å²) in [7, 11) is 0. The lowest BCUT2D eigenvalue weighted by Gasteiger charge is -2.04. The second-order valence-corrected chi connectivity index (χ2v) is 2.99. The molecule has 0 spiro atoms. The molecule has 5 heteroatoms. The van der Waals surface area contributed by atoms with Gasteiger partial charge in [0.25, 0.3) is 0 Å². The van der Waals surface area contributed by atoms with E-state index in [1.165, 1.54) is 12.5 Å². The van der Waals surface area contributed by atoms with Crippen molar-refractivity contribution in [2.24, 2.45) is 0 Å². The summed E-state index contributed by atoms with van der Waals surface area (Å²) in [5.74, 6) is 0.168. The van der Waals surface area contributed by atoms with Gasteiger partial charge in [0.05, 0.1) is 36.5 Å². The van der Waals surface area contributed by atoms with Crippen molar-refractivity contribution in [1.29, 1.82) is 0 Å². The molecule has 0 fully saturated rings. The molecular weight excluding hydrogens is 192 g/mol. The first-order chi connectivity index (χ1) is 7.34. The number of aromatic hydroxyl groups is 1. The molecule has 0 unspecified atom stereocenters. The molecule has 76 valence electrons. The molecule has 0 aliphatic rings. The molecule has 0 aromatic carbocycles. The van der Waals surface area contributed by atoms with E-state index in [0.717, 1.165) is 11.4 Å². The molecule has 0 atom stereocenters. The molecule has 2 aromatic rings. The Morgan fingerprint density at radius 1 is 1.13 bits per heavy atom. The van der Waals surface area contributed by atoms with Gasteiger partial charge in [0.1, 0.15) is 12.1 Å². The van der Waals surface area contributed by atoms with Crippen LogP contribution < -0.4 is 5.32 Å². The Morgan fingerprint density at radius 2 is 1.93 bits per heavy atom. The van der Waals surface area contributed by atoms with E-state index in [-0.39, 0.29) is 5.75 Å². The molecule has 2 N–H and O–H groups in total. The maximum absolute atomic E-state index is 9.04. The van der Waals surface area contributed by atoms with Gasteiger partial charge < -0.3 is 10.4 Å². The van der Waals surface area contributed by atoms with Gasteiger partial charge in [0.2, 0.25) is 0 Å². The quantitative estimate of drug-likeness (QED) is 0.782. The van der Waals surface area contributed by atoms with Gasteiger partial charge in [-0.3, -0.25) is 4.98 Å².